The Kier molecular flexibility index (Phi) is 4.67. The van der Waals surface area contributed by atoms with E-state index in [2.05, 4.69) is 0 Å². The van der Waals surface area contributed by atoms with Crippen molar-refractivity contribution in [2.75, 3.05) is 4.90 Å². The Morgan fingerprint density at radius 2 is 1.57 bits per heavy atom. The van der Waals surface area contributed by atoms with Crippen molar-refractivity contribution in [2.45, 2.75) is 31.4 Å². The number of para-hydroxylation sites is 1. The Morgan fingerprint density at radius 3 is 2.21 bits per heavy atom. The Balaban J connectivity index is 1.88. The van der Waals surface area contributed by atoms with Crippen LogP contribution in [0, 0.1) is 13.8 Å². The Hall–Kier alpha value is -2.73. The zero-order valence-corrected chi connectivity index (χ0v) is 17.2. The van der Waals surface area contributed by atoms with Gasteiger partial charge in [0, 0.05) is 7.05 Å². The minimum atomic E-state index is -0.207. The van der Waals surface area contributed by atoms with Crippen molar-refractivity contribution in [3.05, 3.63) is 81.8 Å². The van der Waals surface area contributed by atoms with Crippen molar-refractivity contribution < 1.29 is 4.79 Å². The summed E-state index contributed by atoms with van der Waals surface area (Å²) < 4.78 is 3.44. The third-order valence-electron chi connectivity index (χ3n) is 5.28. The van der Waals surface area contributed by atoms with E-state index in [1.165, 1.54) is 5.56 Å². The maximum Gasteiger partial charge on any atom is 0.295 e. The van der Waals surface area contributed by atoms with E-state index in [0.29, 0.717) is 5.69 Å². The normalized spacial score (nSPS) is 19.4. The summed E-state index contributed by atoms with van der Waals surface area (Å²) in [6.07, 6.45) is 0. The number of hydrogen-bond acceptors (Lipinski definition) is 3. The number of carbonyl (C=O) groups is 1. The van der Waals surface area contributed by atoms with Crippen LogP contribution in [0.5, 0.6) is 0 Å². The molecule has 2 unspecified atom stereocenters. The van der Waals surface area contributed by atoms with Gasteiger partial charge in [-0.15, -0.1) is 11.8 Å². The summed E-state index contributed by atoms with van der Waals surface area (Å²) in [6, 6.07) is 17.7. The van der Waals surface area contributed by atoms with Crippen LogP contribution in [0.1, 0.15) is 29.1 Å². The van der Waals surface area contributed by atoms with Gasteiger partial charge in [-0.1, -0.05) is 48.0 Å². The van der Waals surface area contributed by atoms with E-state index >= 15 is 0 Å². The fraction of sp³-hybridized carbons (Fsp3) is 0.273. The maximum absolute atomic E-state index is 13.4. The first-order valence-electron chi connectivity index (χ1n) is 9.29. The first-order valence-corrected chi connectivity index (χ1v) is 10.2. The molecule has 0 spiro atoms. The van der Waals surface area contributed by atoms with Gasteiger partial charge in [0.05, 0.1) is 16.6 Å². The third kappa shape index (κ3) is 2.88. The molecule has 0 saturated carbocycles. The first-order chi connectivity index (χ1) is 13.4. The zero-order chi connectivity index (χ0) is 20.0. The average molecular weight is 394 g/mol. The van der Waals surface area contributed by atoms with Crippen molar-refractivity contribution in [2.24, 2.45) is 7.05 Å². The van der Waals surface area contributed by atoms with Gasteiger partial charge in [-0.25, -0.2) is 4.68 Å². The standard InChI is InChI=1S/C22H23N3O2S/c1-14-10-12-17(13-11-14)22-24(20(26)16(3)28-22)19-15(2)23(4)25(21(19)27)18-8-6-5-7-9-18/h5-13,16,22H,1-4H3. The van der Waals surface area contributed by atoms with E-state index in [1.807, 2.05) is 87.1 Å². The van der Waals surface area contributed by atoms with Gasteiger partial charge in [-0.3, -0.25) is 19.2 Å². The Bertz CT molecular complexity index is 1080. The van der Waals surface area contributed by atoms with Gasteiger partial charge < -0.3 is 0 Å². The second-order valence-electron chi connectivity index (χ2n) is 7.16. The van der Waals surface area contributed by atoms with Crippen LogP contribution in [0.25, 0.3) is 5.69 Å². The van der Waals surface area contributed by atoms with Crippen LogP contribution >= 0.6 is 11.8 Å². The molecule has 6 heteroatoms. The quantitative estimate of drug-likeness (QED) is 0.677. The van der Waals surface area contributed by atoms with E-state index in [0.717, 1.165) is 16.9 Å². The minimum absolute atomic E-state index is 0.0263. The van der Waals surface area contributed by atoms with Gasteiger partial charge in [-0.05, 0) is 38.5 Å². The molecular formula is C22H23N3O2S. The molecule has 2 aromatic carbocycles. The van der Waals surface area contributed by atoms with Crippen LogP contribution in [-0.4, -0.2) is 20.5 Å². The molecular weight excluding hydrogens is 370 g/mol. The number of thioether (sulfide) groups is 1. The zero-order valence-electron chi connectivity index (χ0n) is 16.4. The molecule has 0 aliphatic carbocycles. The lowest BCUT2D eigenvalue weighted by Crippen LogP contribution is -2.34. The SMILES string of the molecule is Cc1ccc(C2SC(C)C(=O)N2c2c(C)n(C)n(-c3ccccc3)c2=O)cc1. The lowest BCUT2D eigenvalue weighted by atomic mass is 10.1. The lowest BCUT2D eigenvalue weighted by molar-refractivity contribution is -0.117. The van der Waals surface area contributed by atoms with Crippen molar-refractivity contribution in [3.8, 4) is 5.69 Å². The van der Waals surface area contributed by atoms with Gasteiger partial charge >= 0.3 is 0 Å². The number of nitrogens with zero attached hydrogens (tertiary/aromatic N) is 3. The molecule has 0 bridgehead atoms. The summed E-state index contributed by atoms with van der Waals surface area (Å²) in [5.41, 5.74) is 4.03. The summed E-state index contributed by atoms with van der Waals surface area (Å²) in [5, 5.41) is -0.406. The molecule has 1 saturated heterocycles. The summed E-state index contributed by atoms with van der Waals surface area (Å²) in [4.78, 5) is 28.2. The summed E-state index contributed by atoms with van der Waals surface area (Å²) >= 11 is 1.58. The number of aryl methyl sites for hydroxylation is 1. The van der Waals surface area contributed by atoms with Gasteiger partial charge in [0.15, 0.2) is 0 Å². The largest absolute Gasteiger partial charge is 0.295 e. The van der Waals surface area contributed by atoms with E-state index in [4.69, 9.17) is 0 Å². The second-order valence-corrected chi connectivity index (χ2v) is 8.59. The molecule has 1 aliphatic heterocycles. The monoisotopic (exact) mass is 393 g/mol. The number of carbonyl (C=O) groups excluding carboxylic acids is 1. The molecule has 1 aromatic heterocycles. The van der Waals surface area contributed by atoms with Crippen LogP contribution in [-0.2, 0) is 11.8 Å². The van der Waals surface area contributed by atoms with Crippen molar-refractivity contribution in [3.63, 3.8) is 0 Å². The van der Waals surface area contributed by atoms with Crippen LogP contribution in [0.3, 0.4) is 0 Å². The molecule has 144 valence electrons. The summed E-state index contributed by atoms with van der Waals surface area (Å²) in [6.45, 7) is 5.84. The molecule has 1 aliphatic rings. The highest BCUT2D eigenvalue weighted by Crippen LogP contribution is 2.45. The maximum atomic E-state index is 13.4. The minimum Gasteiger partial charge on any atom is -0.288 e. The predicted molar refractivity (Wildman–Crippen MR) is 114 cm³/mol. The molecule has 3 aromatic rings. The second kappa shape index (κ2) is 7.02. The van der Waals surface area contributed by atoms with Gasteiger partial charge in [0.1, 0.15) is 11.1 Å². The molecule has 1 fully saturated rings. The third-order valence-corrected chi connectivity index (χ3v) is 6.63. The van der Waals surface area contributed by atoms with Crippen molar-refractivity contribution in [1.29, 1.82) is 0 Å². The van der Waals surface area contributed by atoms with E-state index < -0.39 is 0 Å². The van der Waals surface area contributed by atoms with Crippen LogP contribution in [0.15, 0.2) is 59.4 Å². The van der Waals surface area contributed by atoms with E-state index in [9.17, 15) is 9.59 Å². The van der Waals surface area contributed by atoms with Crippen molar-refractivity contribution in [1.82, 2.24) is 9.36 Å². The molecule has 0 N–H and O–H groups in total. The Morgan fingerprint density at radius 1 is 0.929 bits per heavy atom. The number of aromatic nitrogens is 2. The number of benzene rings is 2. The number of rotatable bonds is 3. The fourth-order valence-corrected chi connectivity index (χ4v) is 4.90. The molecule has 5 nitrogen and oxygen atoms in total. The van der Waals surface area contributed by atoms with Crippen molar-refractivity contribution >= 4 is 23.4 Å². The molecule has 1 amide bonds. The number of anilines is 1. The fourth-order valence-electron chi connectivity index (χ4n) is 3.64. The molecule has 0 radical (unpaired) electrons. The number of hydrogen-bond donors (Lipinski definition) is 0. The highest BCUT2D eigenvalue weighted by molar-refractivity contribution is 8.01. The summed E-state index contributed by atoms with van der Waals surface area (Å²) in [5.74, 6) is -0.0263. The van der Waals surface area contributed by atoms with Gasteiger partial charge in [-0.2, -0.15) is 0 Å². The lowest BCUT2D eigenvalue weighted by Gasteiger charge is -2.23. The van der Waals surface area contributed by atoms with E-state index in [-0.39, 0.29) is 22.1 Å². The predicted octanol–water partition coefficient (Wildman–Crippen LogP) is 3.96. The van der Waals surface area contributed by atoms with Crippen LogP contribution < -0.4 is 10.5 Å². The van der Waals surface area contributed by atoms with Crippen LogP contribution in [0.4, 0.5) is 5.69 Å². The molecule has 28 heavy (non-hydrogen) atoms. The topological polar surface area (TPSA) is 47.2 Å². The van der Waals surface area contributed by atoms with Crippen LogP contribution in [0.2, 0.25) is 0 Å². The first kappa shape index (κ1) is 18.6. The Labute approximate surface area is 168 Å². The smallest absolute Gasteiger partial charge is 0.288 e. The molecule has 2 atom stereocenters. The molecule has 2 heterocycles. The van der Waals surface area contributed by atoms with Gasteiger partial charge in [0.25, 0.3) is 5.56 Å². The highest BCUT2D eigenvalue weighted by atomic mass is 32.2. The molecule has 4 rings (SSSR count). The average Bonchev–Trinajstić information content (AvgIpc) is 3.09. The highest BCUT2D eigenvalue weighted by Gasteiger charge is 2.42. The van der Waals surface area contributed by atoms with E-state index in [1.54, 1.807) is 21.3 Å². The van der Waals surface area contributed by atoms with Gasteiger partial charge in [0.2, 0.25) is 5.91 Å². The number of amides is 1. The summed E-state index contributed by atoms with van der Waals surface area (Å²) in [7, 11) is 1.85.